The van der Waals surface area contributed by atoms with Crippen LogP contribution in [0.15, 0.2) is 24.3 Å². The average molecular weight is 278 g/mol. The van der Waals surface area contributed by atoms with Crippen LogP contribution in [0, 0.1) is 10.1 Å². The number of amides is 1. The standard InChI is InChI=1S/C14H18N2O4/c1-9(2)20-12-6-4-3-5-10(12)14-11(16(18)19)7-8-13(17)15-14/h3-6,9,11,14H,7-8H2,1-2H3,(H,15,17)/t11-,14-/m1/s1. The summed E-state index contributed by atoms with van der Waals surface area (Å²) in [4.78, 5) is 22.4. The molecule has 0 aromatic heterocycles. The lowest BCUT2D eigenvalue weighted by Crippen LogP contribution is -2.45. The maximum atomic E-state index is 11.6. The summed E-state index contributed by atoms with van der Waals surface area (Å²) >= 11 is 0. The maximum Gasteiger partial charge on any atom is 0.237 e. The fraction of sp³-hybridized carbons (Fsp3) is 0.500. The Balaban J connectivity index is 2.36. The number of nitrogens with zero attached hydrogens (tertiary/aromatic N) is 1. The molecule has 1 aromatic carbocycles. The molecule has 2 rings (SSSR count). The number of hydrogen-bond acceptors (Lipinski definition) is 4. The third kappa shape index (κ3) is 3.07. The van der Waals surface area contributed by atoms with Crippen LogP contribution in [0.1, 0.15) is 38.3 Å². The van der Waals surface area contributed by atoms with E-state index in [1.807, 2.05) is 19.9 Å². The maximum absolute atomic E-state index is 11.6. The fourth-order valence-corrected chi connectivity index (χ4v) is 2.40. The summed E-state index contributed by atoms with van der Waals surface area (Å²) in [5, 5.41) is 13.9. The van der Waals surface area contributed by atoms with E-state index in [2.05, 4.69) is 5.32 Å². The van der Waals surface area contributed by atoms with E-state index in [-0.39, 0.29) is 29.8 Å². The lowest BCUT2D eigenvalue weighted by atomic mass is 9.92. The third-order valence-corrected chi connectivity index (χ3v) is 3.26. The average Bonchev–Trinajstić information content (AvgIpc) is 2.38. The Hall–Kier alpha value is -2.11. The number of hydrogen-bond donors (Lipinski definition) is 1. The topological polar surface area (TPSA) is 81.5 Å². The second-order valence-corrected chi connectivity index (χ2v) is 5.14. The van der Waals surface area contributed by atoms with Crippen molar-refractivity contribution >= 4 is 5.91 Å². The highest BCUT2D eigenvalue weighted by Crippen LogP contribution is 2.32. The van der Waals surface area contributed by atoms with Gasteiger partial charge in [-0.05, 0) is 19.9 Å². The van der Waals surface area contributed by atoms with Crippen molar-refractivity contribution in [3.63, 3.8) is 0 Å². The molecule has 108 valence electrons. The molecule has 0 aliphatic carbocycles. The van der Waals surface area contributed by atoms with Crippen LogP contribution >= 0.6 is 0 Å². The summed E-state index contributed by atoms with van der Waals surface area (Å²) in [5.74, 6) is 0.425. The molecule has 2 atom stereocenters. The lowest BCUT2D eigenvalue weighted by Gasteiger charge is -2.28. The number of nitrogens with one attached hydrogen (secondary N) is 1. The van der Waals surface area contributed by atoms with Gasteiger partial charge in [0.2, 0.25) is 11.9 Å². The normalized spacial score (nSPS) is 22.4. The Morgan fingerprint density at radius 1 is 1.40 bits per heavy atom. The molecule has 1 N–H and O–H groups in total. The van der Waals surface area contributed by atoms with E-state index in [0.717, 1.165) is 0 Å². The Kier molecular flexibility index (Phi) is 4.22. The summed E-state index contributed by atoms with van der Waals surface area (Å²) in [5.41, 5.74) is 0.663. The Morgan fingerprint density at radius 2 is 2.10 bits per heavy atom. The van der Waals surface area contributed by atoms with Crippen LogP contribution in [0.5, 0.6) is 5.75 Å². The summed E-state index contributed by atoms with van der Waals surface area (Å²) in [6, 6.07) is 5.69. The first kappa shape index (κ1) is 14.3. The quantitative estimate of drug-likeness (QED) is 0.675. The highest BCUT2D eigenvalue weighted by molar-refractivity contribution is 5.77. The number of carbonyl (C=O) groups excluding carboxylic acids is 1. The van der Waals surface area contributed by atoms with Gasteiger partial charge in [0.05, 0.1) is 6.10 Å². The second-order valence-electron chi connectivity index (χ2n) is 5.14. The van der Waals surface area contributed by atoms with Crippen molar-refractivity contribution in [2.45, 2.75) is 44.9 Å². The van der Waals surface area contributed by atoms with Gasteiger partial charge in [-0.15, -0.1) is 0 Å². The van der Waals surface area contributed by atoms with Crippen molar-refractivity contribution in [1.29, 1.82) is 0 Å². The largest absolute Gasteiger partial charge is 0.491 e. The molecule has 1 aliphatic heterocycles. The first-order valence-electron chi connectivity index (χ1n) is 6.67. The molecule has 0 bridgehead atoms. The summed E-state index contributed by atoms with van der Waals surface area (Å²) in [6.07, 6.45) is 0.402. The van der Waals surface area contributed by atoms with Crippen LogP contribution in [-0.4, -0.2) is 23.0 Å². The number of para-hydroxylation sites is 1. The predicted octanol–water partition coefficient (Wildman–Crippen LogP) is 2.07. The van der Waals surface area contributed by atoms with Crippen molar-refractivity contribution in [1.82, 2.24) is 5.32 Å². The van der Waals surface area contributed by atoms with Gasteiger partial charge in [0, 0.05) is 23.3 Å². The van der Waals surface area contributed by atoms with E-state index in [1.165, 1.54) is 0 Å². The molecule has 1 aliphatic rings. The molecular weight excluding hydrogens is 260 g/mol. The van der Waals surface area contributed by atoms with Crippen molar-refractivity contribution in [2.75, 3.05) is 0 Å². The molecule has 0 radical (unpaired) electrons. The molecule has 1 amide bonds. The highest BCUT2D eigenvalue weighted by Gasteiger charge is 2.39. The van der Waals surface area contributed by atoms with E-state index in [4.69, 9.17) is 4.74 Å². The van der Waals surface area contributed by atoms with E-state index in [0.29, 0.717) is 11.3 Å². The van der Waals surface area contributed by atoms with Gasteiger partial charge >= 0.3 is 0 Å². The Morgan fingerprint density at radius 3 is 2.75 bits per heavy atom. The molecular formula is C14H18N2O4. The highest BCUT2D eigenvalue weighted by atomic mass is 16.6. The van der Waals surface area contributed by atoms with Gasteiger partial charge in [-0.3, -0.25) is 14.9 Å². The molecule has 6 heteroatoms. The predicted molar refractivity (Wildman–Crippen MR) is 73.1 cm³/mol. The SMILES string of the molecule is CC(C)Oc1ccccc1[C@H]1NC(=O)CC[C@H]1[N+](=O)[O-]. The van der Waals surface area contributed by atoms with Gasteiger partial charge in [0.15, 0.2) is 0 Å². The van der Waals surface area contributed by atoms with Crippen molar-refractivity contribution < 1.29 is 14.5 Å². The monoisotopic (exact) mass is 278 g/mol. The molecule has 0 saturated carbocycles. The molecule has 1 aromatic rings. The van der Waals surface area contributed by atoms with Crippen LogP contribution < -0.4 is 10.1 Å². The summed E-state index contributed by atoms with van der Waals surface area (Å²) < 4.78 is 5.69. The molecule has 0 spiro atoms. The number of carbonyl (C=O) groups is 1. The molecule has 0 unspecified atom stereocenters. The Bertz CT molecular complexity index is 516. The van der Waals surface area contributed by atoms with Gasteiger partial charge in [0.25, 0.3) is 0 Å². The third-order valence-electron chi connectivity index (χ3n) is 3.26. The van der Waals surface area contributed by atoms with E-state index < -0.39 is 12.1 Å². The van der Waals surface area contributed by atoms with Crippen LogP contribution in [-0.2, 0) is 4.79 Å². The van der Waals surface area contributed by atoms with Gasteiger partial charge in [-0.2, -0.15) is 0 Å². The molecule has 6 nitrogen and oxygen atoms in total. The van der Waals surface area contributed by atoms with Crippen LogP contribution in [0.3, 0.4) is 0 Å². The van der Waals surface area contributed by atoms with Crippen molar-refractivity contribution in [3.8, 4) is 5.75 Å². The lowest BCUT2D eigenvalue weighted by molar-refractivity contribution is -0.529. The smallest absolute Gasteiger partial charge is 0.237 e. The number of benzene rings is 1. The molecule has 1 saturated heterocycles. The van der Waals surface area contributed by atoms with E-state index in [1.54, 1.807) is 18.2 Å². The van der Waals surface area contributed by atoms with Crippen molar-refractivity contribution in [3.05, 3.63) is 39.9 Å². The molecule has 1 fully saturated rings. The fourth-order valence-electron chi connectivity index (χ4n) is 2.40. The van der Waals surface area contributed by atoms with Crippen LogP contribution in [0.2, 0.25) is 0 Å². The molecule has 20 heavy (non-hydrogen) atoms. The second kappa shape index (κ2) is 5.90. The van der Waals surface area contributed by atoms with Gasteiger partial charge in [-0.1, -0.05) is 18.2 Å². The first-order valence-corrected chi connectivity index (χ1v) is 6.67. The first-order chi connectivity index (χ1) is 9.49. The summed E-state index contributed by atoms with van der Waals surface area (Å²) in [6.45, 7) is 3.78. The van der Waals surface area contributed by atoms with Crippen LogP contribution in [0.25, 0.3) is 0 Å². The number of nitro groups is 1. The van der Waals surface area contributed by atoms with Gasteiger partial charge < -0.3 is 10.1 Å². The molecule has 1 heterocycles. The number of rotatable bonds is 4. The zero-order valence-electron chi connectivity index (χ0n) is 11.5. The van der Waals surface area contributed by atoms with E-state index in [9.17, 15) is 14.9 Å². The number of ether oxygens (including phenoxy) is 1. The van der Waals surface area contributed by atoms with Gasteiger partial charge in [-0.25, -0.2) is 0 Å². The minimum Gasteiger partial charge on any atom is -0.491 e. The number of piperidine rings is 1. The zero-order chi connectivity index (χ0) is 14.7. The van der Waals surface area contributed by atoms with Crippen LogP contribution in [0.4, 0.5) is 0 Å². The summed E-state index contributed by atoms with van der Waals surface area (Å²) in [7, 11) is 0. The minimum atomic E-state index is -0.815. The minimum absolute atomic E-state index is 0.0375. The van der Waals surface area contributed by atoms with E-state index >= 15 is 0 Å². The van der Waals surface area contributed by atoms with Gasteiger partial charge in [0.1, 0.15) is 11.8 Å². The zero-order valence-corrected chi connectivity index (χ0v) is 11.5. The van der Waals surface area contributed by atoms with Crippen molar-refractivity contribution in [2.24, 2.45) is 0 Å². The Labute approximate surface area is 117 Å².